The van der Waals surface area contributed by atoms with Gasteiger partial charge < -0.3 is 10.5 Å². The summed E-state index contributed by atoms with van der Waals surface area (Å²) in [4.78, 5) is 4.50. The van der Waals surface area contributed by atoms with E-state index in [0.717, 1.165) is 19.3 Å². The number of aromatic nitrogens is 1. The van der Waals surface area contributed by atoms with Gasteiger partial charge >= 0.3 is 0 Å². The zero-order valence-electron chi connectivity index (χ0n) is 10.9. The van der Waals surface area contributed by atoms with Gasteiger partial charge in [-0.25, -0.2) is 0 Å². The summed E-state index contributed by atoms with van der Waals surface area (Å²) in [6, 6.07) is 4.30. The maximum atomic E-state index is 6.34. The molecule has 17 heavy (non-hydrogen) atoms. The predicted octanol–water partition coefficient (Wildman–Crippen LogP) is 2.25. The Morgan fingerprint density at radius 3 is 3.06 bits per heavy atom. The first-order valence-electron chi connectivity index (χ1n) is 6.28. The third-order valence-corrected chi connectivity index (χ3v) is 3.80. The molecule has 2 N–H and O–H groups in total. The average Bonchev–Trinajstić information content (AvgIpc) is 2.72. The van der Waals surface area contributed by atoms with E-state index in [1.54, 1.807) is 7.11 Å². The lowest BCUT2D eigenvalue weighted by atomic mass is 9.88. The van der Waals surface area contributed by atoms with Crippen molar-refractivity contribution in [1.29, 1.82) is 0 Å². The molecule has 3 heteroatoms. The molecule has 0 bridgehead atoms. The van der Waals surface area contributed by atoms with E-state index in [1.165, 1.54) is 11.3 Å². The fraction of sp³-hybridized carbons (Fsp3) is 0.643. The molecule has 0 radical (unpaired) electrons. The molecule has 0 saturated heterocycles. The Hall–Kier alpha value is -0.930. The molecule has 0 amide bonds. The van der Waals surface area contributed by atoms with E-state index in [1.807, 2.05) is 12.3 Å². The van der Waals surface area contributed by atoms with Gasteiger partial charge in [0, 0.05) is 31.0 Å². The molecule has 1 aromatic rings. The van der Waals surface area contributed by atoms with Crippen LogP contribution in [0.3, 0.4) is 0 Å². The zero-order valence-corrected chi connectivity index (χ0v) is 10.9. The molecule has 3 nitrogen and oxygen atoms in total. The lowest BCUT2D eigenvalue weighted by molar-refractivity contribution is 0.00805. The minimum atomic E-state index is -0.156. The van der Waals surface area contributed by atoms with Gasteiger partial charge in [0.05, 0.1) is 5.60 Å². The highest BCUT2D eigenvalue weighted by Gasteiger charge is 2.32. The fourth-order valence-corrected chi connectivity index (χ4v) is 2.65. The first-order chi connectivity index (χ1) is 8.03. The van der Waals surface area contributed by atoms with E-state index in [0.29, 0.717) is 5.92 Å². The normalized spacial score (nSPS) is 21.3. The summed E-state index contributed by atoms with van der Waals surface area (Å²) in [6.07, 6.45) is 4.96. The number of hydrogen-bond donors (Lipinski definition) is 1. The summed E-state index contributed by atoms with van der Waals surface area (Å²) in [5.41, 5.74) is 8.74. The van der Waals surface area contributed by atoms with E-state index < -0.39 is 0 Å². The Balaban J connectivity index is 2.10. The van der Waals surface area contributed by atoms with E-state index >= 15 is 0 Å². The molecule has 1 aliphatic rings. The molecular weight excluding hydrogens is 212 g/mol. The zero-order chi connectivity index (χ0) is 12.5. The van der Waals surface area contributed by atoms with Crippen LogP contribution in [0, 0.1) is 0 Å². The van der Waals surface area contributed by atoms with Gasteiger partial charge in [-0.2, -0.15) is 0 Å². The van der Waals surface area contributed by atoms with Crippen molar-refractivity contribution in [3.8, 4) is 0 Å². The van der Waals surface area contributed by atoms with Crippen LogP contribution < -0.4 is 5.73 Å². The number of rotatable bonds is 4. The average molecular weight is 234 g/mol. The van der Waals surface area contributed by atoms with Gasteiger partial charge in [0.15, 0.2) is 0 Å². The second-order valence-electron chi connectivity index (χ2n) is 5.52. The Morgan fingerprint density at radius 1 is 1.59 bits per heavy atom. The van der Waals surface area contributed by atoms with Gasteiger partial charge in [-0.1, -0.05) is 6.07 Å². The maximum absolute atomic E-state index is 6.34. The molecule has 1 aliphatic carbocycles. The SMILES string of the molecule is COC(C)(C)CC(N)C1CCc2cccnc21. The topological polar surface area (TPSA) is 48.1 Å². The number of nitrogens with two attached hydrogens (primary N) is 1. The summed E-state index contributed by atoms with van der Waals surface area (Å²) in [7, 11) is 1.74. The summed E-state index contributed by atoms with van der Waals surface area (Å²) < 4.78 is 5.46. The van der Waals surface area contributed by atoms with Crippen LogP contribution in [0.5, 0.6) is 0 Å². The molecule has 0 fully saturated rings. The minimum Gasteiger partial charge on any atom is -0.379 e. The molecule has 0 saturated carbocycles. The van der Waals surface area contributed by atoms with Crippen molar-refractivity contribution in [1.82, 2.24) is 4.98 Å². The van der Waals surface area contributed by atoms with Gasteiger partial charge in [-0.3, -0.25) is 4.98 Å². The summed E-state index contributed by atoms with van der Waals surface area (Å²) in [5.74, 6) is 0.389. The van der Waals surface area contributed by atoms with Gasteiger partial charge in [0.2, 0.25) is 0 Å². The highest BCUT2D eigenvalue weighted by molar-refractivity contribution is 5.29. The standard InChI is InChI=1S/C14H22N2O/c1-14(2,17-3)9-12(15)11-7-6-10-5-4-8-16-13(10)11/h4-5,8,11-12H,6-7,9,15H2,1-3H3. The van der Waals surface area contributed by atoms with Crippen molar-refractivity contribution in [2.24, 2.45) is 5.73 Å². The number of nitrogens with zero attached hydrogens (tertiary/aromatic N) is 1. The molecule has 0 spiro atoms. The van der Waals surface area contributed by atoms with Gasteiger partial charge in [-0.15, -0.1) is 0 Å². The Bertz CT molecular complexity index is 390. The van der Waals surface area contributed by atoms with E-state index in [-0.39, 0.29) is 11.6 Å². The Labute approximate surface area is 103 Å². The highest BCUT2D eigenvalue weighted by atomic mass is 16.5. The lowest BCUT2D eigenvalue weighted by Crippen LogP contribution is -2.37. The van der Waals surface area contributed by atoms with E-state index in [4.69, 9.17) is 10.5 Å². The molecular formula is C14H22N2O. The summed E-state index contributed by atoms with van der Waals surface area (Å²) in [5, 5.41) is 0. The van der Waals surface area contributed by atoms with Gasteiger partial charge in [-0.05, 0) is 44.7 Å². The fourth-order valence-electron chi connectivity index (χ4n) is 2.65. The molecule has 94 valence electrons. The van der Waals surface area contributed by atoms with Crippen LogP contribution in [0.1, 0.15) is 43.9 Å². The first-order valence-corrected chi connectivity index (χ1v) is 6.28. The van der Waals surface area contributed by atoms with Crippen molar-refractivity contribution in [3.63, 3.8) is 0 Å². The molecule has 2 rings (SSSR count). The Morgan fingerprint density at radius 2 is 2.35 bits per heavy atom. The molecule has 2 unspecified atom stereocenters. The second-order valence-corrected chi connectivity index (χ2v) is 5.52. The number of methoxy groups -OCH3 is 1. The highest BCUT2D eigenvalue weighted by Crippen LogP contribution is 2.35. The third kappa shape index (κ3) is 2.67. The van der Waals surface area contributed by atoms with Crippen molar-refractivity contribution >= 4 is 0 Å². The van der Waals surface area contributed by atoms with Crippen LogP contribution >= 0.6 is 0 Å². The quantitative estimate of drug-likeness (QED) is 0.869. The monoisotopic (exact) mass is 234 g/mol. The molecule has 0 aromatic carbocycles. The van der Waals surface area contributed by atoms with Crippen LogP contribution in [0.15, 0.2) is 18.3 Å². The third-order valence-electron chi connectivity index (χ3n) is 3.80. The number of fused-ring (bicyclic) bond motifs is 1. The van der Waals surface area contributed by atoms with Crippen molar-refractivity contribution < 1.29 is 4.74 Å². The smallest absolute Gasteiger partial charge is 0.0637 e. The predicted molar refractivity (Wildman–Crippen MR) is 69.0 cm³/mol. The molecule has 0 aliphatic heterocycles. The molecule has 2 atom stereocenters. The van der Waals surface area contributed by atoms with Crippen LogP contribution in [0.2, 0.25) is 0 Å². The maximum Gasteiger partial charge on any atom is 0.0637 e. The first kappa shape index (κ1) is 12.5. The Kier molecular flexibility index (Phi) is 3.50. The minimum absolute atomic E-state index is 0.126. The number of aryl methyl sites for hydroxylation is 1. The summed E-state index contributed by atoms with van der Waals surface area (Å²) in [6.45, 7) is 4.17. The largest absolute Gasteiger partial charge is 0.379 e. The van der Waals surface area contributed by atoms with Crippen LogP contribution in [-0.4, -0.2) is 23.7 Å². The van der Waals surface area contributed by atoms with Crippen LogP contribution in [0.4, 0.5) is 0 Å². The lowest BCUT2D eigenvalue weighted by Gasteiger charge is -2.29. The van der Waals surface area contributed by atoms with Crippen molar-refractivity contribution in [2.75, 3.05) is 7.11 Å². The molecule has 1 heterocycles. The van der Waals surface area contributed by atoms with E-state index in [9.17, 15) is 0 Å². The number of hydrogen-bond acceptors (Lipinski definition) is 3. The summed E-state index contributed by atoms with van der Waals surface area (Å²) >= 11 is 0. The van der Waals surface area contributed by atoms with Gasteiger partial charge in [0.25, 0.3) is 0 Å². The number of ether oxygens (including phenoxy) is 1. The van der Waals surface area contributed by atoms with Crippen LogP contribution in [-0.2, 0) is 11.2 Å². The number of pyridine rings is 1. The van der Waals surface area contributed by atoms with Crippen LogP contribution in [0.25, 0.3) is 0 Å². The van der Waals surface area contributed by atoms with Gasteiger partial charge in [0.1, 0.15) is 0 Å². The van der Waals surface area contributed by atoms with Crippen molar-refractivity contribution in [2.45, 2.75) is 50.7 Å². The van der Waals surface area contributed by atoms with Crippen molar-refractivity contribution in [3.05, 3.63) is 29.6 Å². The second kappa shape index (κ2) is 4.75. The van der Waals surface area contributed by atoms with E-state index in [2.05, 4.69) is 24.9 Å². The molecule has 1 aromatic heterocycles.